The van der Waals surface area contributed by atoms with Crippen molar-refractivity contribution >= 4 is 29.8 Å². The van der Waals surface area contributed by atoms with Gasteiger partial charge in [0.25, 0.3) is 5.91 Å². The molecule has 0 radical (unpaired) electrons. The second kappa shape index (κ2) is 6.46. The number of amides is 4. The monoisotopic (exact) mass is 303 g/mol. The summed E-state index contributed by atoms with van der Waals surface area (Å²) < 4.78 is 0. The van der Waals surface area contributed by atoms with Gasteiger partial charge in [-0.15, -0.1) is 0 Å². The normalized spacial score (nSPS) is 27.2. The zero-order valence-corrected chi connectivity index (χ0v) is 12.5. The third-order valence-corrected chi connectivity index (χ3v) is 3.63. The first kappa shape index (κ1) is 15.8. The van der Waals surface area contributed by atoms with E-state index >= 15 is 0 Å². The lowest BCUT2D eigenvalue weighted by molar-refractivity contribution is -0.154. The fourth-order valence-corrected chi connectivity index (χ4v) is 2.51. The van der Waals surface area contributed by atoms with E-state index < -0.39 is 29.7 Å². The number of hydrogen-bond acceptors (Lipinski definition) is 5. The molecule has 0 aromatic rings. The van der Waals surface area contributed by atoms with Gasteiger partial charge in [0.15, 0.2) is 0 Å². The van der Waals surface area contributed by atoms with Crippen molar-refractivity contribution in [2.45, 2.75) is 39.2 Å². The Balaban J connectivity index is 2.36. The van der Waals surface area contributed by atoms with Gasteiger partial charge in [0.2, 0.25) is 17.7 Å². The molecule has 0 spiro atoms. The highest BCUT2D eigenvalue weighted by molar-refractivity contribution is 6.15. The first-order valence-corrected chi connectivity index (χ1v) is 7.03. The molecule has 1 atom stereocenters. The molecule has 7 heteroatoms. The Morgan fingerprint density at radius 2 is 1.95 bits per heavy atom. The highest BCUT2D eigenvalue weighted by atomic mass is 16.2. The van der Waals surface area contributed by atoms with Crippen molar-refractivity contribution in [3.05, 3.63) is 23.4 Å². The Bertz CT molecular complexity index is 631. The number of nitrogens with one attached hydrogen (secondary N) is 1. The van der Waals surface area contributed by atoms with Crippen LogP contribution in [-0.2, 0) is 19.2 Å². The Labute approximate surface area is 127 Å². The van der Waals surface area contributed by atoms with Crippen LogP contribution in [-0.4, -0.2) is 40.8 Å². The number of piperidine rings is 2. The topological polar surface area (TPSA) is 95.9 Å². The number of allylic oxidation sites excluding steroid dienone is 1. The maximum absolute atomic E-state index is 12.6. The lowest BCUT2D eigenvalue weighted by Gasteiger charge is -2.35. The second-order valence-corrected chi connectivity index (χ2v) is 4.98. The number of carbonyl (C=O) groups is 4. The van der Waals surface area contributed by atoms with E-state index in [1.807, 2.05) is 0 Å². The van der Waals surface area contributed by atoms with Gasteiger partial charge in [-0.2, -0.15) is 0 Å². The van der Waals surface area contributed by atoms with Crippen LogP contribution in [0, 0.1) is 0 Å². The summed E-state index contributed by atoms with van der Waals surface area (Å²) in [5.41, 5.74) is 0.883. The van der Waals surface area contributed by atoms with Gasteiger partial charge in [-0.25, -0.2) is 0 Å². The quantitative estimate of drug-likeness (QED) is 0.455. The van der Waals surface area contributed by atoms with Crippen molar-refractivity contribution in [1.29, 1.82) is 0 Å². The van der Waals surface area contributed by atoms with Gasteiger partial charge in [0.05, 0.1) is 12.0 Å². The minimum absolute atomic E-state index is 0.0328. The van der Waals surface area contributed by atoms with Crippen molar-refractivity contribution in [1.82, 2.24) is 10.2 Å². The molecule has 2 rings (SSSR count). The van der Waals surface area contributed by atoms with Crippen LogP contribution in [0.3, 0.4) is 0 Å². The lowest BCUT2D eigenvalue weighted by Crippen LogP contribution is -2.58. The molecule has 7 nitrogen and oxygen atoms in total. The molecule has 4 amide bonds. The summed E-state index contributed by atoms with van der Waals surface area (Å²) in [6, 6.07) is -0.940. The molecule has 2 saturated heterocycles. The number of imide groups is 2. The van der Waals surface area contributed by atoms with Crippen molar-refractivity contribution in [3.63, 3.8) is 0 Å². The molecular weight excluding hydrogens is 286 g/mol. The van der Waals surface area contributed by atoms with E-state index in [2.05, 4.69) is 10.3 Å². The molecule has 0 aromatic carbocycles. The summed E-state index contributed by atoms with van der Waals surface area (Å²) in [4.78, 5) is 52.9. The van der Waals surface area contributed by atoms with E-state index in [0.29, 0.717) is 11.1 Å². The first-order chi connectivity index (χ1) is 10.5. The fraction of sp³-hybridized carbons (Fsp3) is 0.400. The van der Waals surface area contributed by atoms with Crippen LogP contribution in [0.4, 0.5) is 0 Å². The number of hydrogen-bond donors (Lipinski definition) is 1. The van der Waals surface area contributed by atoms with E-state index in [0.717, 1.165) is 4.90 Å². The van der Waals surface area contributed by atoms with Crippen molar-refractivity contribution in [2.75, 3.05) is 0 Å². The first-order valence-electron chi connectivity index (χ1n) is 7.03. The minimum Gasteiger partial charge on any atom is -0.295 e. The third kappa shape index (κ3) is 2.88. The Hall–Kier alpha value is -2.57. The molecule has 116 valence electrons. The molecule has 2 heterocycles. The average Bonchev–Trinajstić information content (AvgIpc) is 2.48. The lowest BCUT2D eigenvalue weighted by atomic mass is 9.93. The predicted octanol–water partition coefficient (Wildman–Crippen LogP) is 0.471. The standard InChI is InChI=1S/C15H17N3O4/c1-3-9-7-13(20)18(15(22)10(9)8-16-4-2)11-5-6-12(19)17-14(11)21/h3-4,8,11H,5-7H2,1-2H3,(H,17,19,21)/b9-3-,10-8+,16-4?. The summed E-state index contributed by atoms with van der Waals surface area (Å²) in [6.45, 7) is 3.45. The molecule has 2 fully saturated rings. The smallest absolute Gasteiger partial charge is 0.263 e. The number of nitrogens with zero attached hydrogens (tertiary/aromatic N) is 2. The largest absolute Gasteiger partial charge is 0.295 e. The van der Waals surface area contributed by atoms with Crippen LogP contribution < -0.4 is 5.32 Å². The Kier molecular flexibility index (Phi) is 4.65. The van der Waals surface area contributed by atoms with Gasteiger partial charge < -0.3 is 0 Å². The molecule has 22 heavy (non-hydrogen) atoms. The van der Waals surface area contributed by atoms with Gasteiger partial charge in [0.1, 0.15) is 6.04 Å². The fourth-order valence-electron chi connectivity index (χ4n) is 2.51. The number of rotatable bonds is 2. The zero-order valence-electron chi connectivity index (χ0n) is 12.5. The summed E-state index contributed by atoms with van der Waals surface area (Å²) >= 11 is 0. The van der Waals surface area contributed by atoms with Gasteiger partial charge in [-0.3, -0.25) is 34.4 Å². The van der Waals surface area contributed by atoms with Crippen LogP contribution in [0.2, 0.25) is 0 Å². The summed E-state index contributed by atoms with van der Waals surface area (Å²) in [7, 11) is 0. The Morgan fingerprint density at radius 3 is 2.55 bits per heavy atom. The van der Waals surface area contributed by atoms with Crippen molar-refractivity contribution in [2.24, 2.45) is 4.99 Å². The van der Waals surface area contributed by atoms with Gasteiger partial charge in [0, 0.05) is 18.8 Å². The molecule has 1 unspecified atom stereocenters. The van der Waals surface area contributed by atoms with Gasteiger partial charge in [-0.1, -0.05) is 6.08 Å². The van der Waals surface area contributed by atoms with E-state index in [-0.39, 0.29) is 19.3 Å². The predicted molar refractivity (Wildman–Crippen MR) is 78.6 cm³/mol. The maximum Gasteiger partial charge on any atom is 0.263 e. The third-order valence-electron chi connectivity index (χ3n) is 3.63. The van der Waals surface area contributed by atoms with Crippen LogP contribution >= 0.6 is 0 Å². The molecule has 1 N–H and O–H groups in total. The van der Waals surface area contributed by atoms with Crippen LogP contribution in [0.5, 0.6) is 0 Å². The highest BCUT2D eigenvalue weighted by Crippen LogP contribution is 2.28. The Morgan fingerprint density at radius 1 is 1.23 bits per heavy atom. The molecule has 2 aliphatic rings. The summed E-state index contributed by atoms with van der Waals surface area (Å²) in [5.74, 6) is -1.99. The highest BCUT2D eigenvalue weighted by Gasteiger charge is 2.42. The minimum atomic E-state index is -0.940. The van der Waals surface area contributed by atoms with Gasteiger partial charge >= 0.3 is 0 Å². The molecule has 2 aliphatic heterocycles. The number of likely N-dealkylation sites (tertiary alicyclic amines) is 1. The van der Waals surface area contributed by atoms with E-state index in [1.165, 1.54) is 12.4 Å². The number of carbonyl (C=O) groups excluding carboxylic acids is 4. The zero-order chi connectivity index (χ0) is 16.3. The number of aliphatic imine (C=N–C) groups is 1. The SMILES string of the molecule is CC=N/C=C1/C(=O)N(C2CCC(=O)NC2=O)C(=O)C/C1=C/C. The van der Waals surface area contributed by atoms with E-state index in [9.17, 15) is 19.2 Å². The molecule has 0 aliphatic carbocycles. The van der Waals surface area contributed by atoms with Gasteiger partial charge in [-0.05, 0) is 25.8 Å². The van der Waals surface area contributed by atoms with Crippen LogP contribution in [0.15, 0.2) is 28.4 Å². The maximum atomic E-state index is 12.6. The molecular formula is C15H17N3O4. The van der Waals surface area contributed by atoms with Crippen molar-refractivity contribution < 1.29 is 19.2 Å². The average molecular weight is 303 g/mol. The van der Waals surface area contributed by atoms with Crippen LogP contribution in [0.25, 0.3) is 0 Å². The summed E-state index contributed by atoms with van der Waals surface area (Å²) in [5, 5.41) is 2.16. The molecule has 0 bridgehead atoms. The second-order valence-electron chi connectivity index (χ2n) is 4.98. The van der Waals surface area contributed by atoms with E-state index in [4.69, 9.17) is 0 Å². The summed E-state index contributed by atoms with van der Waals surface area (Å²) in [6.07, 6.45) is 4.90. The van der Waals surface area contributed by atoms with Crippen molar-refractivity contribution in [3.8, 4) is 0 Å². The van der Waals surface area contributed by atoms with E-state index in [1.54, 1.807) is 19.9 Å². The molecule has 0 saturated carbocycles. The van der Waals surface area contributed by atoms with Crippen LogP contribution in [0.1, 0.15) is 33.1 Å². The molecule has 0 aromatic heterocycles.